The van der Waals surface area contributed by atoms with Crippen molar-refractivity contribution in [2.24, 2.45) is 5.92 Å². The highest BCUT2D eigenvalue weighted by Gasteiger charge is 2.49. The van der Waals surface area contributed by atoms with Gasteiger partial charge in [-0.3, -0.25) is 14.5 Å². The molecule has 2 fully saturated rings. The van der Waals surface area contributed by atoms with Gasteiger partial charge < -0.3 is 10.1 Å². The van der Waals surface area contributed by atoms with Gasteiger partial charge in [-0.15, -0.1) is 0 Å². The van der Waals surface area contributed by atoms with Crippen LogP contribution in [0.5, 0.6) is 0 Å². The molecule has 9 nitrogen and oxygen atoms in total. The molecule has 11 heteroatoms. The first-order valence-electron chi connectivity index (χ1n) is 9.67. The summed E-state index contributed by atoms with van der Waals surface area (Å²) >= 11 is 0. The summed E-state index contributed by atoms with van der Waals surface area (Å²) in [6.07, 6.45) is 1.00. The Morgan fingerprint density at radius 3 is 2.23 bits per heavy atom. The Balaban J connectivity index is 1.82. The normalized spacial score (nSPS) is 25.0. The standard InChI is InChI=1S/C19H26N2O7S2/c1-13(22)20-15-3-5-16(6-4-15)30(26,27)18-12-29(24,25)11-17(18)21-9-7-14(8-10-21)19(23)28-2/h3-6,14,17-18H,7-12H2,1-2H3,(H,20,22)/t17-,18-/m0/s1. The predicted molar refractivity (Wildman–Crippen MR) is 110 cm³/mol. The highest BCUT2D eigenvalue weighted by atomic mass is 32.2. The van der Waals surface area contributed by atoms with E-state index in [1.165, 1.54) is 38.3 Å². The van der Waals surface area contributed by atoms with Gasteiger partial charge in [-0.2, -0.15) is 0 Å². The van der Waals surface area contributed by atoms with Crippen LogP contribution in [0.4, 0.5) is 5.69 Å². The molecule has 2 aliphatic heterocycles. The number of piperidine rings is 1. The van der Waals surface area contributed by atoms with Crippen molar-refractivity contribution < 1.29 is 31.2 Å². The first kappa shape index (κ1) is 22.7. The second-order valence-corrected chi connectivity index (χ2v) is 12.1. The van der Waals surface area contributed by atoms with Crippen LogP contribution in [0.1, 0.15) is 19.8 Å². The van der Waals surface area contributed by atoms with E-state index in [9.17, 15) is 26.4 Å². The van der Waals surface area contributed by atoms with Crippen molar-refractivity contribution >= 4 is 37.2 Å². The summed E-state index contributed by atoms with van der Waals surface area (Å²) in [7, 11) is -6.09. The van der Waals surface area contributed by atoms with Crippen LogP contribution in [0.2, 0.25) is 0 Å². The average Bonchev–Trinajstić information content (AvgIpc) is 3.04. The molecule has 0 saturated carbocycles. The van der Waals surface area contributed by atoms with Crippen LogP contribution in [-0.4, -0.2) is 76.6 Å². The van der Waals surface area contributed by atoms with Crippen molar-refractivity contribution in [1.82, 2.24) is 4.90 Å². The van der Waals surface area contributed by atoms with E-state index in [4.69, 9.17) is 4.74 Å². The van der Waals surface area contributed by atoms with Crippen LogP contribution in [0, 0.1) is 5.92 Å². The predicted octanol–water partition coefficient (Wildman–Crippen LogP) is 0.469. The Kier molecular flexibility index (Phi) is 6.54. The number of hydrogen-bond donors (Lipinski definition) is 1. The molecule has 2 aliphatic rings. The molecule has 2 atom stereocenters. The molecule has 166 valence electrons. The van der Waals surface area contributed by atoms with Crippen LogP contribution in [-0.2, 0) is 34.0 Å². The summed E-state index contributed by atoms with van der Waals surface area (Å²) in [5.74, 6) is -1.46. The van der Waals surface area contributed by atoms with E-state index >= 15 is 0 Å². The molecule has 3 rings (SSSR count). The summed E-state index contributed by atoms with van der Waals surface area (Å²) in [4.78, 5) is 24.8. The fourth-order valence-corrected chi connectivity index (χ4v) is 9.00. The van der Waals surface area contributed by atoms with Crippen molar-refractivity contribution in [2.45, 2.75) is 36.0 Å². The zero-order valence-electron chi connectivity index (χ0n) is 16.9. The van der Waals surface area contributed by atoms with Gasteiger partial charge in [0.05, 0.1) is 34.7 Å². The molecule has 1 aromatic carbocycles. The molecule has 2 heterocycles. The van der Waals surface area contributed by atoms with Gasteiger partial charge in [0.2, 0.25) is 5.91 Å². The topological polar surface area (TPSA) is 127 Å². The number of carbonyl (C=O) groups is 2. The van der Waals surface area contributed by atoms with Gasteiger partial charge in [-0.1, -0.05) is 0 Å². The number of carbonyl (C=O) groups excluding carboxylic acids is 2. The molecule has 30 heavy (non-hydrogen) atoms. The first-order chi connectivity index (χ1) is 14.0. The van der Waals surface area contributed by atoms with E-state index in [-0.39, 0.29) is 28.4 Å². The van der Waals surface area contributed by atoms with Gasteiger partial charge in [0.1, 0.15) is 0 Å². The number of esters is 1. The lowest BCUT2D eigenvalue weighted by atomic mass is 9.95. The van der Waals surface area contributed by atoms with Gasteiger partial charge in [-0.25, -0.2) is 16.8 Å². The van der Waals surface area contributed by atoms with Gasteiger partial charge in [0.15, 0.2) is 19.7 Å². The van der Waals surface area contributed by atoms with Crippen molar-refractivity contribution in [3.8, 4) is 0 Å². The van der Waals surface area contributed by atoms with Crippen molar-refractivity contribution in [3.63, 3.8) is 0 Å². The van der Waals surface area contributed by atoms with E-state index in [1.54, 1.807) is 0 Å². The van der Waals surface area contributed by atoms with Gasteiger partial charge in [0, 0.05) is 18.7 Å². The SMILES string of the molecule is COC(=O)C1CCN([C@H]2CS(=O)(=O)C[C@@H]2S(=O)(=O)c2ccc(NC(C)=O)cc2)CC1. The number of ether oxygens (including phenoxy) is 1. The molecular weight excluding hydrogens is 432 g/mol. The highest BCUT2D eigenvalue weighted by Crippen LogP contribution is 2.32. The number of sulfone groups is 2. The molecule has 2 saturated heterocycles. The fraction of sp³-hybridized carbons (Fsp3) is 0.579. The summed E-state index contributed by atoms with van der Waals surface area (Å²) < 4.78 is 56.0. The molecule has 1 aromatic rings. The van der Waals surface area contributed by atoms with E-state index in [1.807, 2.05) is 4.90 Å². The number of amides is 1. The Morgan fingerprint density at radius 1 is 1.10 bits per heavy atom. The average molecular weight is 459 g/mol. The van der Waals surface area contributed by atoms with E-state index in [0.29, 0.717) is 31.6 Å². The second kappa shape index (κ2) is 8.64. The summed E-state index contributed by atoms with van der Waals surface area (Å²) in [5, 5.41) is 1.49. The third-order valence-electron chi connectivity index (χ3n) is 5.71. The van der Waals surface area contributed by atoms with Crippen LogP contribution in [0.25, 0.3) is 0 Å². The zero-order valence-corrected chi connectivity index (χ0v) is 18.5. The maximum Gasteiger partial charge on any atom is 0.308 e. The van der Waals surface area contributed by atoms with Crippen molar-refractivity contribution in [3.05, 3.63) is 24.3 Å². The number of nitrogens with one attached hydrogen (secondary N) is 1. The van der Waals surface area contributed by atoms with Crippen LogP contribution in [0.3, 0.4) is 0 Å². The Labute approximate surface area is 176 Å². The minimum atomic E-state index is -3.91. The fourth-order valence-electron chi connectivity index (χ4n) is 4.17. The van der Waals surface area contributed by atoms with Gasteiger partial charge in [0.25, 0.3) is 0 Å². The molecule has 0 spiro atoms. The number of anilines is 1. The molecule has 1 amide bonds. The van der Waals surface area contributed by atoms with Crippen LogP contribution >= 0.6 is 0 Å². The number of likely N-dealkylation sites (tertiary alicyclic amines) is 1. The maximum absolute atomic E-state index is 13.3. The largest absolute Gasteiger partial charge is 0.469 e. The lowest BCUT2D eigenvalue weighted by Gasteiger charge is -2.36. The lowest BCUT2D eigenvalue weighted by molar-refractivity contribution is -0.147. The molecule has 0 aromatic heterocycles. The number of methoxy groups -OCH3 is 1. The minimum absolute atomic E-state index is 0.0214. The smallest absolute Gasteiger partial charge is 0.308 e. The monoisotopic (exact) mass is 458 g/mol. The number of rotatable bonds is 5. The summed E-state index contributed by atoms with van der Waals surface area (Å²) in [5.41, 5.74) is 0.460. The Bertz CT molecular complexity index is 1010. The first-order valence-corrected chi connectivity index (χ1v) is 13.0. The second-order valence-electron chi connectivity index (χ2n) is 7.77. The van der Waals surface area contributed by atoms with Gasteiger partial charge >= 0.3 is 5.97 Å². The van der Waals surface area contributed by atoms with Crippen LogP contribution < -0.4 is 5.32 Å². The molecule has 1 N–H and O–H groups in total. The third-order valence-corrected chi connectivity index (χ3v) is 9.84. The molecule has 0 aliphatic carbocycles. The van der Waals surface area contributed by atoms with E-state index in [0.717, 1.165) is 0 Å². The molecular formula is C19H26N2O7S2. The highest BCUT2D eigenvalue weighted by molar-refractivity contribution is 7.96. The summed E-state index contributed by atoms with van der Waals surface area (Å²) in [6.45, 7) is 2.23. The van der Waals surface area contributed by atoms with Crippen molar-refractivity contribution in [2.75, 3.05) is 37.0 Å². The van der Waals surface area contributed by atoms with Crippen LogP contribution in [0.15, 0.2) is 29.2 Å². The Hall–Kier alpha value is -1.98. The molecule has 0 radical (unpaired) electrons. The number of nitrogens with zero attached hydrogens (tertiary/aromatic N) is 1. The van der Waals surface area contributed by atoms with E-state index < -0.39 is 36.7 Å². The molecule has 0 unspecified atom stereocenters. The summed E-state index contributed by atoms with van der Waals surface area (Å²) in [6, 6.07) is 5.06. The lowest BCUT2D eigenvalue weighted by Crippen LogP contribution is -2.50. The third kappa shape index (κ3) is 4.84. The number of hydrogen-bond acceptors (Lipinski definition) is 8. The maximum atomic E-state index is 13.3. The van der Waals surface area contributed by atoms with Crippen molar-refractivity contribution in [1.29, 1.82) is 0 Å². The minimum Gasteiger partial charge on any atom is -0.469 e. The molecule has 0 bridgehead atoms. The van der Waals surface area contributed by atoms with E-state index in [2.05, 4.69) is 5.32 Å². The van der Waals surface area contributed by atoms with Gasteiger partial charge in [-0.05, 0) is 50.2 Å². The Morgan fingerprint density at radius 2 is 1.70 bits per heavy atom. The zero-order chi connectivity index (χ0) is 22.1. The number of benzene rings is 1. The quantitative estimate of drug-likeness (QED) is 0.631.